The molecule has 11 atom stereocenters. The minimum Gasteiger partial charge on any atom is -0.457 e. The molecule has 2 aliphatic heterocycles. The Morgan fingerprint density at radius 3 is 1.50 bits per heavy atom. The van der Waals surface area contributed by atoms with E-state index in [-0.39, 0.29) is 25.6 Å². The zero-order valence-corrected chi connectivity index (χ0v) is 42.1. The summed E-state index contributed by atoms with van der Waals surface area (Å²) in [5.74, 6) is -0.380. The van der Waals surface area contributed by atoms with Crippen LogP contribution in [-0.4, -0.2) is 142 Å². The highest BCUT2D eigenvalue weighted by atomic mass is 16.7. The quantitative estimate of drug-likeness (QED) is 0.0174. The van der Waals surface area contributed by atoms with E-state index in [1.54, 1.807) is 0 Å². The van der Waals surface area contributed by atoms with Gasteiger partial charge < -0.3 is 64.2 Å². The van der Waals surface area contributed by atoms with E-state index in [0.717, 1.165) is 70.6 Å². The third-order valence-electron chi connectivity index (χ3n) is 12.6. The number of allylic oxidation sites excluding steroid dienone is 8. The minimum atomic E-state index is -1.71. The Morgan fingerprint density at radius 2 is 0.956 bits per heavy atom. The molecule has 2 aliphatic rings. The summed E-state index contributed by atoms with van der Waals surface area (Å²) in [7, 11) is 0. The van der Waals surface area contributed by atoms with Crippen molar-refractivity contribution >= 4 is 5.97 Å². The van der Waals surface area contributed by atoms with E-state index in [0.29, 0.717) is 13.0 Å². The van der Waals surface area contributed by atoms with Gasteiger partial charge in [-0.2, -0.15) is 0 Å². The van der Waals surface area contributed by atoms with Crippen LogP contribution in [0.25, 0.3) is 0 Å². The van der Waals surface area contributed by atoms with Gasteiger partial charge in [0, 0.05) is 13.0 Å². The Balaban J connectivity index is 1.69. The molecule has 0 aromatic carbocycles. The molecule has 68 heavy (non-hydrogen) atoms. The van der Waals surface area contributed by atoms with Crippen molar-refractivity contribution < 1.29 is 69.0 Å². The molecular weight excluding hydrogens is 873 g/mol. The molecule has 2 saturated heterocycles. The smallest absolute Gasteiger partial charge is 0.306 e. The fraction of sp³-hybridized carbons (Fsp3) is 0.833. The number of ether oxygens (including phenoxy) is 6. The summed E-state index contributed by atoms with van der Waals surface area (Å²) in [4.78, 5) is 13.0. The van der Waals surface area contributed by atoms with Crippen LogP contribution >= 0.6 is 0 Å². The van der Waals surface area contributed by atoms with E-state index >= 15 is 0 Å². The maximum absolute atomic E-state index is 13.0. The Hall–Kier alpha value is -2.05. The molecule has 2 fully saturated rings. The van der Waals surface area contributed by atoms with Gasteiger partial charge in [-0.1, -0.05) is 178 Å². The molecule has 2 rings (SSSR count). The predicted molar refractivity (Wildman–Crippen MR) is 266 cm³/mol. The first-order valence-corrected chi connectivity index (χ1v) is 26.7. The number of aliphatic hydroxyl groups excluding tert-OH is 7. The summed E-state index contributed by atoms with van der Waals surface area (Å²) < 4.78 is 34.3. The van der Waals surface area contributed by atoms with Crippen molar-refractivity contribution in [1.29, 1.82) is 0 Å². The SMILES string of the molecule is CC/C=C\C/C=C\C/C=C\C/C=C\CCCCCCCCCCCCCOCC(COC1OC(COC2OC(CO)C(O)C(O)C2O)C(O)C(O)C1O)OC(=O)CCCCCCCCCCCC. The van der Waals surface area contributed by atoms with E-state index in [4.69, 9.17) is 28.4 Å². The van der Waals surface area contributed by atoms with Gasteiger partial charge in [0.05, 0.1) is 26.4 Å². The first-order chi connectivity index (χ1) is 33.1. The second-order valence-corrected chi connectivity index (χ2v) is 18.7. The summed E-state index contributed by atoms with van der Waals surface area (Å²) in [6.45, 7) is 3.56. The average Bonchev–Trinajstić information content (AvgIpc) is 3.33. The van der Waals surface area contributed by atoms with Gasteiger partial charge >= 0.3 is 5.97 Å². The molecule has 7 N–H and O–H groups in total. The number of hydrogen-bond donors (Lipinski definition) is 7. The van der Waals surface area contributed by atoms with E-state index in [2.05, 4.69) is 62.5 Å². The average molecular weight is 969 g/mol. The van der Waals surface area contributed by atoms with Crippen molar-refractivity contribution in [3.63, 3.8) is 0 Å². The van der Waals surface area contributed by atoms with Gasteiger partial charge in [0.2, 0.25) is 0 Å². The van der Waals surface area contributed by atoms with Gasteiger partial charge in [0.25, 0.3) is 0 Å². The Bertz CT molecular complexity index is 1310. The predicted octanol–water partition coefficient (Wildman–Crippen LogP) is 8.35. The molecule has 0 spiro atoms. The highest BCUT2D eigenvalue weighted by molar-refractivity contribution is 5.69. The molecule has 0 bridgehead atoms. The van der Waals surface area contributed by atoms with Crippen LogP contribution < -0.4 is 0 Å². The van der Waals surface area contributed by atoms with E-state index < -0.39 is 80.7 Å². The lowest BCUT2D eigenvalue weighted by atomic mass is 9.98. The van der Waals surface area contributed by atoms with Gasteiger partial charge in [0.1, 0.15) is 54.9 Å². The molecule has 0 amide bonds. The van der Waals surface area contributed by atoms with Gasteiger partial charge in [-0.3, -0.25) is 4.79 Å². The van der Waals surface area contributed by atoms with Crippen molar-refractivity contribution in [1.82, 2.24) is 0 Å². The van der Waals surface area contributed by atoms with Crippen LogP contribution in [0.5, 0.6) is 0 Å². The van der Waals surface area contributed by atoms with Crippen LogP contribution in [0.15, 0.2) is 48.6 Å². The Morgan fingerprint density at radius 1 is 0.500 bits per heavy atom. The number of unbranched alkanes of at least 4 members (excludes halogenated alkanes) is 20. The largest absolute Gasteiger partial charge is 0.457 e. The molecule has 2 heterocycles. The lowest BCUT2D eigenvalue weighted by Crippen LogP contribution is -2.61. The van der Waals surface area contributed by atoms with Crippen molar-refractivity contribution in [3.05, 3.63) is 48.6 Å². The van der Waals surface area contributed by atoms with Crippen LogP contribution in [0.2, 0.25) is 0 Å². The molecule has 0 saturated carbocycles. The van der Waals surface area contributed by atoms with Gasteiger partial charge in [-0.15, -0.1) is 0 Å². The van der Waals surface area contributed by atoms with Gasteiger partial charge in [-0.05, 0) is 51.4 Å². The number of carbonyl (C=O) groups is 1. The van der Waals surface area contributed by atoms with Crippen LogP contribution in [-0.2, 0) is 33.2 Å². The Labute approximate surface area is 410 Å². The molecule has 396 valence electrons. The standard InChI is InChI=1S/C54H96O14/c1-3-5-7-9-11-13-15-16-17-18-19-20-21-22-23-24-25-26-27-28-30-32-34-36-38-63-40-43(66-46(56)37-35-33-31-29-14-12-10-8-6-4-2)41-64-53-52(62)50(60)48(58)45(68-53)42-65-54-51(61)49(59)47(57)44(39-55)67-54/h5,7,11,13,16-17,19-20,43-45,47-55,57-62H,3-4,6,8-10,12,14-15,18,21-42H2,1-2H3/b7-5-,13-11-,17-16-,20-19-. The fourth-order valence-electron chi connectivity index (χ4n) is 8.28. The number of rotatable bonds is 42. The van der Waals surface area contributed by atoms with Gasteiger partial charge in [0.15, 0.2) is 12.6 Å². The molecule has 0 radical (unpaired) electrons. The molecule has 0 aromatic rings. The highest BCUT2D eigenvalue weighted by Crippen LogP contribution is 2.26. The van der Waals surface area contributed by atoms with Gasteiger partial charge in [-0.25, -0.2) is 0 Å². The summed E-state index contributed by atoms with van der Waals surface area (Å²) in [6, 6.07) is 0. The lowest BCUT2D eigenvalue weighted by molar-refractivity contribution is -0.332. The number of carbonyl (C=O) groups excluding carboxylic acids is 1. The van der Waals surface area contributed by atoms with E-state index in [1.807, 2.05) is 0 Å². The maximum Gasteiger partial charge on any atom is 0.306 e. The van der Waals surface area contributed by atoms with Crippen molar-refractivity contribution in [2.75, 3.05) is 33.0 Å². The molecule has 11 unspecified atom stereocenters. The molecule has 0 aromatic heterocycles. The van der Waals surface area contributed by atoms with E-state index in [1.165, 1.54) is 89.9 Å². The number of hydrogen-bond acceptors (Lipinski definition) is 14. The third-order valence-corrected chi connectivity index (χ3v) is 12.6. The highest BCUT2D eigenvalue weighted by Gasteiger charge is 2.47. The summed E-state index contributed by atoms with van der Waals surface area (Å²) >= 11 is 0. The Kier molecular flexibility index (Phi) is 37.9. The molecular formula is C54H96O14. The van der Waals surface area contributed by atoms with Crippen LogP contribution in [0.1, 0.15) is 187 Å². The minimum absolute atomic E-state index is 0.0604. The second-order valence-electron chi connectivity index (χ2n) is 18.7. The second kappa shape index (κ2) is 41.6. The lowest BCUT2D eigenvalue weighted by Gasteiger charge is -2.42. The first kappa shape index (κ1) is 62.1. The number of aliphatic hydroxyl groups is 7. The van der Waals surface area contributed by atoms with Crippen molar-refractivity contribution in [3.8, 4) is 0 Å². The molecule has 0 aliphatic carbocycles. The summed E-state index contributed by atoms with van der Waals surface area (Å²) in [5.41, 5.74) is 0. The fourth-order valence-corrected chi connectivity index (χ4v) is 8.28. The number of esters is 1. The topological polar surface area (TPSA) is 214 Å². The third kappa shape index (κ3) is 28.7. The van der Waals surface area contributed by atoms with Crippen LogP contribution in [0.3, 0.4) is 0 Å². The normalized spacial score (nSPS) is 26.2. The molecule has 14 heteroatoms. The van der Waals surface area contributed by atoms with Crippen LogP contribution in [0, 0.1) is 0 Å². The zero-order valence-electron chi connectivity index (χ0n) is 42.1. The van der Waals surface area contributed by atoms with Crippen LogP contribution in [0.4, 0.5) is 0 Å². The van der Waals surface area contributed by atoms with Crippen molar-refractivity contribution in [2.45, 2.75) is 255 Å². The maximum atomic E-state index is 13.0. The van der Waals surface area contributed by atoms with Crippen molar-refractivity contribution in [2.24, 2.45) is 0 Å². The summed E-state index contributed by atoms with van der Waals surface area (Å²) in [6.07, 6.45) is 31.8. The zero-order chi connectivity index (χ0) is 49.5. The van der Waals surface area contributed by atoms with E-state index in [9.17, 15) is 40.5 Å². The first-order valence-electron chi connectivity index (χ1n) is 26.7. The molecule has 14 nitrogen and oxygen atoms in total. The monoisotopic (exact) mass is 969 g/mol. The summed E-state index contributed by atoms with van der Waals surface area (Å²) in [5, 5.41) is 72.1.